The normalized spacial score (nSPS) is 19.8. The fraction of sp³-hybridized carbons (Fsp3) is 0.538. The maximum absolute atomic E-state index is 12.4. The highest BCUT2D eigenvalue weighted by molar-refractivity contribution is 7.91. The highest BCUT2D eigenvalue weighted by Gasteiger charge is 2.34. The lowest BCUT2D eigenvalue weighted by Gasteiger charge is -2.26. The Bertz CT molecular complexity index is 784. The van der Waals surface area contributed by atoms with Crippen LogP contribution in [0.5, 0.6) is 0 Å². The smallest absolute Gasteiger partial charge is 0.246 e. The number of hydrogen-bond acceptors (Lipinski definition) is 7. The van der Waals surface area contributed by atoms with E-state index >= 15 is 0 Å². The minimum atomic E-state index is -3.03. The molecule has 1 fully saturated rings. The molecule has 0 aliphatic carbocycles. The largest absolute Gasteiger partial charge is 0.337 e. The molecule has 1 atom stereocenters. The summed E-state index contributed by atoms with van der Waals surface area (Å²) in [4.78, 5) is 16.2. The number of tetrazole rings is 1. The number of carbonyl (C=O) groups excluding carboxylic acids is 1. The lowest BCUT2D eigenvalue weighted by molar-refractivity contribution is -0.133. The molecule has 3 rings (SSSR count). The molecule has 0 aromatic carbocycles. The molecule has 8 nitrogen and oxygen atoms in total. The summed E-state index contributed by atoms with van der Waals surface area (Å²) in [5.41, 5.74) is 0. The Hall–Kier alpha value is -1.81. The number of rotatable bonds is 5. The van der Waals surface area contributed by atoms with Crippen LogP contribution in [0.25, 0.3) is 10.7 Å². The van der Waals surface area contributed by atoms with E-state index in [0.717, 1.165) is 4.88 Å². The molecule has 0 saturated carbocycles. The van der Waals surface area contributed by atoms with Crippen LogP contribution in [0.15, 0.2) is 17.5 Å². The molecule has 1 aliphatic heterocycles. The highest BCUT2D eigenvalue weighted by Crippen LogP contribution is 2.20. The third-order valence-corrected chi connectivity index (χ3v) is 6.40. The van der Waals surface area contributed by atoms with Gasteiger partial charge in [-0.3, -0.25) is 4.79 Å². The molecule has 0 radical (unpaired) electrons. The minimum Gasteiger partial charge on any atom is -0.337 e. The molecule has 1 unspecified atom stereocenters. The van der Waals surface area contributed by atoms with E-state index in [1.165, 1.54) is 16.1 Å². The highest BCUT2D eigenvalue weighted by atomic mass is 32.2. The summed E-state index contributed by atoms with van der Waals surface area (Å²) in [6.07, 6.45) is 0.493. The Kier molecular flexibility index (Phi) is 4.44. The zero-order chi connectivity index (χ0) is 16.4. The van der Waals surface area contributed by atoms with Crippen molar-refractivity contribution < 1.29 is 13.2 Å². The first kappa shape index (κ1) is 16.1. The van der Waals surface area contributed by atoms with Gasteiger partial charge >= 0.3 is 0 Å². The van der Waals surface area contributed by atoms with E-state index < -0.39 is 9.84 Å². The van der Waals surface area contributed by atoms with Gasteiger partial charge in [0, 0.05) is 12.6 Å². The van der Waals surface area contributed by atoms with Crippen LogP contribution in [0.1, 0.15) is 13.3 Å². The van der Waals surface area contributed by atoms with Gasteiger partial charge in [-0.25, -0.2) is 8.42 Å². The van der Waals surface area contributed by atoms with Crippen molar-refractivity contribution in [1.82, 2.24) is 25.1 Å². The Balaban J connectivity index is 1.68. The van der Waals surface area contributed by atoms with Crippen LogP contribution in [0.4, 0.5) is 0 Å². The Morgan fingerprint density at radius 2 is 2.35 bits per heavy atom. The molecule has 2 aromatic heterocycles. The number of likely N-dealkylation sites (N-methyl/N-ethyl adjacent to an activating group) is 1. The van der Waals surface area contributed by atoms with Gasteiger partial charge < -0.3 is 4.90 Å². The van der Waals surface area contributed by atoms with E-state index in [1.807, 2.05) is 24.4 Å². The number of carbonyl (C=O) groups is 1. The van der Waals surface area contributed by atoms with E-state index in [0.29, 0.717) is 18.8 Å². The molecule has 3 heterocycles. The second-order valence-electron chi connectivity index (χ2n) is 5.36. The summed E-state index contributed by atoms with van der Waals surface area (Å²) >= 11 is 1.50. The van der Waals surface area contributed by atoms with Gasteiger partial charge in [-0.1, -0.05) is 6.07 Å². The molecule has 1 saturated heterocycles. The summed E-state index contributed by atoms with van der Waals surface area (Å²) in [5.74, 6) is 0.479. The first-order chi connectivity index (χ1) is 11.0. The van der Waals surface area contributed by atoms with Crippen LogP contribution in [-0.4, -0.2) is 63.5 Å². The quantitative estimate of drug-likeness (QED) is 0.772. The second kappa shape index (κ2) is 6.36. The van der Waals surface area contributed by atoms with Crippen molar-refractivity contribution in [3.63, 3.8) is 0 Å². The van der Waals surface area contributed by atoms with Gasteiger partial charge in [0.15, 0.2) is 9.84 Å². The standard InChI is InChI=1S/C13H17N5O3S2/c1-2-17(10-5-7-23(20,21)9-10)12(19)8-18-15-13(14-16-18)11-4-3-6-22-11/h3-4,6,10H,2,5,7-9H2,1H3. The zero-order valence-corrected chi connectivity index (χ0v) is 14.3. The van der Waals surface area contributed by atoms with Crippen LogP contribution in [0.2, 0.25) is 0 Å². The van der Waals surface area contributed by atoms with Crippen molar-refractivity contribution in [3.8, 4) is 10.7 Å². The van der Waals surface area contributed by atoms with Crippen molar-refractivity contribution in [3.05, 3.63) is 17.5 Å². The lowest BCUT2D eigenvalue weighted by atomic mass is 10.2. The number of thiophene rings is 1. The Labute approximate surface area is 138 Å². The molecule has 124 valence electrons. The monoisotopic (exact) mass is 355 g/mol. The maximum Gasteiger partial charge on any atom is 0.246 e. The van der Waals surface area contributed by atoms with E-state index in [-0.39, 0.29) is 30.0 Å². The summed E-state index contributed by atoms with van der Waals surface area (Å²) in [6, 6.07) is 3.53. The molecular formula is C13H17N5O3S2. The van der Waals surface area contributed by atoms with Crippen LogP contribution in [0.3, 0.4) is 0 Å². The number of aromatic nitrogens is 4. The molecule has 2 aromatic rings. The number of sulfone groups is 1. The summed E-state index contributed by atoms with van der Waals surface area (Å²) < 4.78 is 23.2. The second-order valence-corrected chi connectivity index (χ2v) is 8.53. The summed E-state index contributed by atoms with van der Waals surface area (Å²) in [5, 5.41) is 14.0. The van der Waals surface area contributed by atoms with Crippen molar-refractivity contribution in [1.29, 1.82) is 0 Å². The van der Waals surface area contributed by atoms with Gasteiger partial charge in [-0.2, -0.15) is 4.80 Å². The van der Waals surface area contributed by atoms with E-state index in [1.54, 1.807) is 4.90 Å². The number of nitrogens with zero attached hydrogens (tertiary/aromatic N) is 5. The average Bonchev–Trinajstić information content (AvgIpc) is 3.20. The van der Waals surface area contributed by atoms with Gasteiger partial charge in [0.25, 0.3) is 0 Å². The summed E-state index contributed by atoms with van der Waals surface area (Å²) in [7, 11) is -3.03. The van der Waals surface area contributed by atoms with E-state index in [2.05, 4.69) is 15.4 Å². The fourth-order valence-corrected chi connectivity index (χ4v) is 5.06. The first-order valence-electron chi connectivity index (χ1n) is 7.30. The van der Waals surface area contributed by atoms with Gasteiger partial charge in [-0.15, -0.1) is 21.5 Å². The van der Waals surface area contributed by atoms with Crippen molar-refractivity contribution in [2.24, 2.45) is 0 Å². The predicted molar refractivity (Wildman–Crippen MR) is 85.6 cm³/mol. The lowest BCUT2D eigenvalue weighted by Crippen LogP contribution is -2.42. The zero-order valence-electron chi connectivity index (χ0n) is 12.6. The average molecular weight is 355 g/mol. The maximum atomic E-state index is 12.4. The third-order valence-electron chi connectivity index (χ3n) is 3.78. The molecule has 1 amide bonds. The van der Waals surface area contributed by atoms with Gasteiger partial charge in [0.2, 0.25) is 11.7 Å². The van der Waals surface area contributed by atoms with Gasteiger partial charge in [0.05, 0.1) is 16.4 Å². The van der Waals surface area contributed by atoms with E-state index in [9.17, 15) is 13.2 Å². The first-order valence-corrected chi connectivity index (χ1v) is 10.00. The Morgan fingerprint density at radius 1 is 1.52 bits per heavy atom. The van der Waals surface area contributed by atoms with E-state index in [4.69, 9.17) is 0 Å². The van der Waals surface area contributed by atoms with Gasteiger partial charge in [-0.05, 0) is 30.0 Å². The molecule has 1 aliphatic rings. The van der Waals surface area contributed by atoms with Crippen LogP contribution in [0, 0.1) is 0 Å². The van der Waals surface area contributed by atoms with Crippen LogP contribution in [-0.2, 0) is 21.2 Å². The van der Waals surface area contributed by atoms with Crippen LogP contribution >= 0.6 is 11.3 Å². The molecule has 0 bridgehead atoms. The topological polar surface area (TPSA) is 98.1 Å². The fourth-order valence-electron chi connectivity index (χ4n) is 2.69. The predicted octanol–water partition coefficient (Wildman–Crippen LogP) is 0.437. The summed E-state index contributed by atoms with van der Waals surface area (Å²) in [6.45, 7) is 2.27. The molecule has 10 heteroatoms. The number of amides is 1. The molecule has 23 heavy (non-hydrogen) atoms. The van der Waals surface area contributed by atoms with Gasteiger partial charge in [0.1, 0.15) is 6.54 Å². The van der Waals surface area contributed by atoms with Crippen molar-refractivity contribution in [2.45, 2.75) is 25.9 Å². The minimum absolute atomic E-state index is 0.0389. The SMILES string of the molecule is CCN(C(=O)Cn1nnc(-c2cccs2)n1)C1CCS(=O)(=O)C1. The third kappa shape index (κ3) is 3.58. The van der Waals surface area contributed by atoms with Crippen molar-refractivity contribution >= 4 is 27.1 Å². The van der Waals surface area contributed by atoms with Crippen molar-refractivity contribution in [2.75, 3.05) is 18.1 Å². The molecule has 0 N–H and O–H groups in total. The molecule has 0 spiro atoms. The Morgan fingerprint density at radius 3 is 2.96 bits per heavy atom. The van der Waals surface area contributed by atoms with Crippen LogP contribution < -0.4 is 0 Å². The number of hydrogen-bond donors (Lipinski definition) is 0. The molecular weight excluding hydrogens is 338 g/mol.